The minimum absolute atomic E-state index is 0.0236. The zero-order valence-electron chi connectivity index (χ0n) is 16.3. The third-order valence-electron chi connectivity index (χ3n) is 5.73. The quantitative estimate of drug-likeness (QED) is 0.654. The molecule has 0 atom stereocenters. The number of carboxylic acids is 1. The zero-order valence-corrected chi connectivity index (χ0v) is 16.3. The largest absolute Gasteiger partial charge is 0.480 e. The molecule has 0 aliphatic heterocycles. The van der Waals surface area contributed by atoms with Crippen LogP contribution in [-0.4, -0.2) is 35.0 Å². The van der Waals surface area contributed by atoms with E-state index in [0.717, 1.165) is 24.3 Å². The highest BCUT2D eigenvalue weighted by Crippen LogP contribution is 2.44. The summed E-state index contributed by atoms with van der Waals surface area (Å²) in [5.74, 6) is 0.637. The second-order valence-electron chi connectivity index (χ2n) is 7.92. The Morgan fingerprint density at radius 2 is 1.68 bits per heavy atom. The number of hydrogen-bond acceptors (Lipinski definition) is 4. The molecule has 3 rings (SSSR count). The number of ether oxygens (including phenoxy) is 2. The number of carbonyl (C=O) groups is 1. The minimum Gasteiger partial charge on any atom is -0.480 e. The first-order chi connectivity index (χ1) is 13.4. The summed E-state index contributed by atoms with van der Waals surface area (Å²) in [6.07, 6.45) is 3.52. The Morgan fingerprint density at radius 3 is 2.36 bits per heavy atom. The van der Waals surface area contributed by atoms with Gasteiger partial charge in [-0.1, -0.05) is 37.3 Å². The summed E-state index contributed by atoms with van der Waals surface area (Å²) in [5, 5.41) is 19.4. The first-order valence-corrected chi connectivity index (χ1v) is 9.74. The fourth-order valence-corrected chi connectivity index (χ4v) is 3.79. The number of para-hydroxylation sites is 1. The van der Waals surface area contributed by atoms with E-state index in [1.165, 1.54) is 5.56 Å². The SMILES string of the molecule is CC1(c2cccc(Oc3ccccc3)c2)CCC(O)(CCOCC(=O)O)CC1. The van der Waals surface area contributed by atoms with Crippen LogP contribution in [-0.2, 0) is 14.9 Å². The smallest absolute Gasteiger partial charge is 0.329 e. The van der Waals surface area contributed by atoms with E-state index in [9.17, 15) is 9.90 Å². The Morgan fingerprint density at radius 1 is 1.00 bits per heavy atom. The fourth-order valence-electron chi connectivity index (χ4n) is 3.79. The number of aliphatic carboxylic acids is 1. The Labute approximate surface area is 165 Å². The maximum atomic E-state index is 10.8. The molecule has 0 saturated heterocycles. The van der Waals surface area contributed by atoms with Crippen LogP contribution in [0.25, 0.3) is 0 Å². The average molecular weight is 384 g/mol. The lowest BCUT2D eigenvalue weighted by Crippen LogP contribution is -2.40. The van der Waals surface area contributed by atoms with Crippen LogP contribution in [0.1, 0.15) is 44.6 Å². The van der Waals surface area contributed by atoms with Crippen LogP contribution in [0.3, 0.4) is 0 Å². The summed E-state index contributed by atoms with van der Waals surface area (Å²) in [6.45, 7) is 2.18. The van der Waals surface area contributed by atoms with Gasteiger partial charge in [-0.15, -0.1) is 0 Å². The number of benzene rings is 2. The Balaban J connectivity index is 1.60. The van der Waals surface area contributed by atoms with E-state index in [4.69, 9.17) is 14.6 Å². The van der Waals surface area contributed by atoms with Crippen LogP contribution < -0.4 is 4.74 Å². The van der Waals surface area contributed by atoms with Crippen molar-refractivity contribution < 1.29 is 24.5 Å². The van der Waals surface area contributed by atoms with Gasteiger partial charge in [-0.25, -0.2) is 4.79 Å². The van der Waals surface area contributed by atoms with E-state index >= 15 is 0 Å². The first kappa shape index (κ1) is 20.4. The van der Waals surface area contributed by atoms with Gasteiger partial charge in [-0.2, -0.15) is 0 Å². The van der Waals surface area contributed by atoms with Crippen LogP contribution in [0.4, 0.5) is 0 Å². The Hall–Kier alpha value is -2.37. The van der Waals surface area contributed by atoms with Crippen LogP contribution in [0.5, 0.6) is 11.5 Å². The monoisotopic (exact) mass is 384 g/mol. The molecule has 1 aliphatic rings. The molecule has 5 heteroatoms. The predicted molar refractivity (Wildman–Crippen MR) is 107 cm³/mol. The third-order valence-corrected chi connectivity index (χ3v) is 5.73. The van der Waals surface area contributed by atoms with Crippen molar-refractivity contribution in [2.45, 2.75) is 50.0 Å². The third kappa shape index (κ3) is 5.33. The van der Waals surface area contributed by atoms with Gasteiger partial charge in [0.05, 0.1) is 12.2 Å². The number of aliphatic hydroxyl groups is 1. The molecule has 1 aliphatic carbocycles. The second-order valence-corrected chi connectivity index (χ2v) is 7.92. The molecule has 150 valence electrons. The summed E-state index contributed by atoms with van der Waals surface area (Å²) in [7, 11) is 0. The maximum Gasteiger partial charge on any atom is 0.329 e. The van der Waals surface area contributed by atoms with Crippen molar-refractivity contribution in [3.63, 3.8) is 0 Å². The van der Waals surface area contributed by atoms with Gasteiger partial charge < -0.3 is 19.7 Å². The van der Waals surface area contributed by atoms with E-state index in [0.29, 0.717) is 19.3 Å². The molecule has 0 heterocycles. The van der Waals surface area contributed by atoms with Gasteiger partial charge in [-0.3, -0.25) is 0 Å². The van der Waals surface area contributed by atoms with Crippen molar-refractivity contribution in [1.29, 1.82) is 0 Å². The fraction of sp³-hybridized carbons (Fsp3) is 0.435. The summed E-state index contributed by atoms with van der Waals surface area (Å²) in [4.78, 5) is 10.5. The number of rotatable bonds is 8. The predicted octanol–water partition coefficient (Wildman–Crippen LogP) is 4.53. The summed E-state index contributed by atoms with van der Waals surface area (Å²) in [6, 6.07) is 17.9. The average Bonchev–Trinajstić information content (AvgIpc) is 2.69. The summed E-state index contributed by atoms with van der Waals surface area (Å²) < 4.78 is 11.1. The van der Waals surface area contributed by atoms with E-state index < -0.39 is 11.6 Å². The van der Waals surface area contributed by atoms with Crippen molar-refractivity contribution in [2.75, 3.05) is 13.2 Å². The van der Waals surface area contributed by atoms with Gasteiger partial charge in [0, 0.05) is 0 Å². The Kier molecular flexibility index (Phi) is 6.37. The van der Waals surface area contributed by atoms with E-state index in [1.807, 2.05) is 42.5 Å². The van der Waals surface area contributed by atoms with Crippen LogP contribution in [0, 0.1) is 0 Å². The molecular formula is C23H28O5. The van der Waals surface area contributed by atoms with Crippen molar-refractivity contribution in [3.05, 3.63) is 60.2 Å². The molecule has 2 aromatic carbocycles. The van der Waals surface area contributed by atoms with Crippen molar-refractivity contribution in [3.8, 4) is 11.5 Å². The lowest BCUT2D eigenvalue weighted by atomic mass is 9.66. The van der Waals surface area contributed by atoms with E-state index in [1.54, 1.807) is 0 Å². The molecule has 28 heavy (non-hydrogen) atoms. The maximum absolute atomic E-state index is 10.8. The standard InChI is InChI=1S/C23H28O5/c1-22(10-12-23(26,13-11-22)14-15-27-17-21(24)25)18-6-5-9-20(16-18)28-19-7-3-2-4-8-19/h2-9,16,26H,10-15,17H2,1H3,(H,24,25). The van der Waals surface area contributed by atoms with Crippen LogP contribution in [0.2, 0.25) is 0 Å². The second kappa shape index (κ2) is 8.76. The molecule has 0 unspecified atom stereocenters. The normalized spacial score (nSPS) is 24.6. The lowest BCUT2D eigenvalue weighted by molar-refractivity contribution is -0.143. The Bertz CT molecular complexity index is 779. The van der Waals surface area contributed by atoms with Gasteiger partial charge in [0.1, 0.15) is 18.1 Å². The number of carboxylic acid groups (broad SMARTS) is 1. The molecule has 5 nitrogen and oxygen atoms in total. The van der Waals surface area contributed by atoms with Crippen molar-refractivity contribution in [2.24, 2.45) is 0 Å². The highest BCUT2D eigenvalue weighted by molar-refractivity contribution is 5.67. The topological polar surface area (TPSA) is 76.0 Å². The molecule has 0 aromatic heterocycles. The molecular weight excluding hydrogens is 356 g/mol. The highest BCUT2D eigenvalue weighted by atomic mass is 16.5. The van der Waals surface area contributed by atoms with Crippen LogP contribution >= 0.6 is 0 Å². The molecule has 2 N–H and O–H groups in total. The minimum atomic E-state index is -0.985. The van der Waals surface area contributed by atoms with Crippen LogP contribution in [0.15, 0.2) is 54.6 Å². The van der Waals surface area contributed by atoms with E-state index in [2.05, 4.69) is 19.1 Å². The molecule has 1 fully saturated rings. The molecule has 0 spiro atoms. The molecule has 1 saturated carbocycles. The molecule has 0 bridgehead atoms. The van der Waals surface area contributed by atoms with Crippen molar-refractivity contribution >= 4 is 5.97 Å². The van der Waals surface area contributed by atoms with Gasteiger partial charge in [-0.05, 0) is 67.3 Å². The molecule has 0 amide bonds. The van der Waals surface area contributed by atoms with Gasteiger partial charge in [0.25, 0.3) is 0 Å². The highest BCUT2D eigenvalue weighted by Gasteiger charge is 2.39. The van der Waals surface area contributed by atoms with Gasteiger partial charge in [0.15, 0.2) is 0 Å². The number of hydrogen-bond donors (Lipinski definition) is 2. The lowest BCUT2D eigenvalue weighted by Gasteiger charge is -2.42. The molecule has 2 aromatic rings. The van der Waals surface area contributed by atoms with Gasteiger partial charge >= 0.3 is 5.97 Å². The zero-order chi connectivity index (χ0) is 20.0. The first-order valence-electron chi connectivity index (χ1n) is 9.74. The van der Waals surface area contributed by atoms with E-state index in [-0.39, 0.29) is 18.6 Å². The van der Waals surface area contributed by atoms with Gasteiger partial charge in [0.2, 0.25) is 0 Å². The molecule has 0 radical (unpaired) electrons. The summed E-state index contributed by atoms with van der Waals surface area (Å²) in [5.41, 5.74) is 0.408. The van der Waals surface area contributed by atoms with Crippen molar-refractivity contribution in [1.82, 2.24) is 0 Å². The summed E-state index contributed by atoms with van der Waals surface area (Å²) >= 11 is 0.